The van der Waals surface area contributed by atoms with Gasteiger partial charge in [0.1, 0.15) is 19.0 Å². The van der Waals surface area contributed by atoms with E-state index in [0.29, 0.717) is 35.3 Å². The minimum Gasteiger partial charge on any atom is -0.493 e. The van der Waals surface area contributed by atoms with Crippen LogP contribution in [0.1, 0.15) is 29.7 Å². The number of carbonyl (C=O) groups is 1. The summed E-state index contributed by atoms with van der Waals surface area (Å²) in [4.78, 5) is 17.7. The van der Waals surface area contributed by atoms with Crippen LogP contribution in [0.3, 0.4) is 0 Å². The Bertz CT molecular complexity index is 1400. The van der Waals surface area contributed by atoms with Gasteiger partial charge in [0.15, 0.2) is 11.5 Å². The number of nitrogens with zero attached hydrogens (tertiary/aromatic N) is 3. The van der Waals surface area contributed by atoms with E-state index in [9.17, 15) is 4.79 Å². The average Bonchev–Trinajstić information content (AvgIpc) is 3.40. The van der Waals surface area contributed by atoms with Gasteiger partial charge in [0.05, 0.1) is 19.3 Å². The molecule has 1 aliphatic rings. The highest BCUT2D eigenvalue weighted by Crippen LogP contribution is 2.39. The Labute approximate surface area is 215 Å². The number of fused-ring (bicyclic) bond motifs is 1. The van der Waals surface area contributed by atoms with E-state index in [2.05, 4.69) is 27.5 Å². The van der Waals surface area contributed by atoms with Gasteiger partial charge < -0.3 is 19.5 Å². The van der Waals surface area contributed by atoms with Crippen molar-refractivity contribution in [2.24, 2.45) is 0 Å². The molecule has 3 aromatic carbocycles. The smallest absolute Gasteiger partial charge is 0.338 e. The highest BCUT2D eigenvalue weighted by atomic mass is 16.5. The van der Waals surface area contributed by atoms with Gasteiger partial charge >= 0.3 is 5.97 Å². The summed E-state index contributed by atoms with van der Waals surface area (Å²) in [5, 5.41) is 7.55. The van der Waals surface area contributed by atoms with Crippen LogP contribution in [0.15, 0.2) is 96.5 Å². The van der Waals surface area contributed by atoms with Crippen molar-refractivity contribution in [2.45, 2.75) is 26.0 Å². The van der Waals surface area contributed by atoms with Crippen LogP contribution < -0.4 is 14.8 Å². The third kappa shape index (κ3) is 5.33. The van der Waals surface area contributed by atoms with Gasteiger partial charge in [-0.3, -0.25) is 0 Å². The SMILES string of the molecule is COc1cc(C2C(C(=O)OCc3ccccc3)=C(C)Nc3ncnn32)ccc1OCCc1ccccc1. The van der Waals surface area contributed by atoms with Crippen molar-refractivity contribution in [1.82, 2.24) is 14.8 Å². The van der Waals surface area contributed by atoms with Crippen molar-refractivity contribution in [2.75, 3.05) is 19.0 Å². The summed E-state index contributed by atoms with van der Waals surface area (Å²) in [6.07, 6.45) is 2.24. The second-order valence-corrected chi connectivity index (χ2v) is 8.65. The molecule has 8 heteroatoms. The summed E-state index contributed by atoms with van der Waals surface area (Å²) in [6, 6.07) is 24.9. The maximum absolute atomic E-state index is 13.4. The van der Waals surface area contributed by atoms with Crippen LogP contribution in [0.2, 0.25) is 0 Å². The van der Waals surface area contributed by atoms with Crippen molar-refractivity contribution in [3.63, 3.8) is 0 Å². The molecule has 1 unspecified atom stereocenters. The first kappa shape index (κ1) is 24.1. The maximum Gasteiger partial charge on any atom is 0.338 e. The van der Waals surface area contributed by atoms with E-state index < -0.39 is 12.0 Å². The Kier molecular flexibility index (Phi) is 7.16. The largest absolute Gasteiger partial charge is 0.493 e. The zero-order valence-electron chi connectivity index (χ0n) is 20.8. The number of carbonyl (C=O) groups excluding carboxylic acids is 1. The molecule has 0 amide bonds. The third-order valence-corrected chi connectivity index (χ3v) is 6.22. The number of hydrogen-bond donors (Lipinski definition) is 1. The van der Waals surface area contributed by atoms with E-state index in [-0.39, 0.29) is 6.61 Å². The lowest BCUT2D eigenvalue weighted by Gasteiger charge is -2.28. The first-order valence-corrected chi connectivity index (χ1v) is 12.1. The van der Waals surface area contributed by atoms with Crippen molar-refractivity contribution in [3.05, 3.63) is 113 Å². The third-order valence-electron chi connectivity index (χ3n) is 6.22. The van der Waals surface area contributed by atoms with E-state index in [1.807, 2.05) is 73.7 Å². The monoisotopic (exact) mass is 496 g/mol. The molecule has 1 atom stereocenters. The number of aromatic nitrogens is 3. The quantitative estimate of drug-likeness (QED) is 0.328. The minimum absolute atomic E-state index is 0.172. The molecule has 0 radical (unpaired) electrons. The molecule has 0 bridgehead atoms. The van der Waals surface area contributed by atoms with Crippen LogP contribution in [0, 0.1) is 0 Å². The molecule has 2 heterocycles. The summed E-state index contributed by atoms with van der Waals surface area (Å²) in [6.45, 7) is 2.52. The van der Waals surface area contributed by atoms with Gasteiger partial charge in [-0.25, -0.2) is 9.48 Å². The topological polar surface area (TPSA) is 87.5 Å². The number of hydrogen-bond acceptors (Lipinski definition) is 7. The fraction of sp³-hybridized carbons (Fsp3) is 0.207. The molecule has 37 heavy (non-hydrogen) atoms. The van der Waals surface area contributed by atoms with Gasteiger partial charge in [-0.05, 0) is 35.7 Å². The first-order chi connectivity index (χ1) is 18.1. The molecule has 0 fully saturated rings. The van der Waals surface area contributed by atoms with Crippen molar-refractivity contribution in [1.29, 1.82) is 0 Å². The molecule has 1 N–H and O–H groups in total. The number of ether oxygens (including phenoxy) is 3. The van der Waals surface area contributed by atoms with Crippen LogP contribution in [0.5, 0.6) is 11.5 Å². The molecule has 188 valence electrons. The lowest BCUT2D eigenvalue weighted by atomic mass is 9.95. The number of nitrogens with one attached hydrogen (secondary N) is 1. The van der Waals surface area contributed by atoms with Gasteiger partial charge in [0.2, 0.25) is 5.95 Å². The highest BCUT2D eigenvalue weighted by molar-refractivity contribution is 5.92. The Morgan fingerprint density at radius 3 is 2.43 bits per heavy atom. The summed E-state index contributed by atoms with van der Waals surface area (Å²) in [7, 11) is 1.60. The van der Waals surface area contributed by atoms with Crippen LogP contribution in [0.25, 0.3) is 0 Å². The second kappa shape index (κ2) is 11.0. The predicted octanol–water partition coefficient (Wildman–Crippen LogP) is 4.94. The maximum atomic E-state index is 13.4. The average molecular weight is 497 g/mol. The molecule has 4 aromatic rings. The zero-order valence-corrected chi connectivity index (χ0v) is 20.8. The number of benzene rings is 3. The van der Waals surface area contributed by atoms with Crippen LogP contribution in [0.4, 0.5) is 5.95 Å². The van der Waals surface area contributed by atoms with E-state index in [4.69, 9.17) is 14.2 Å². The van der Waals surface area contributed by atoms with Gasteiger partial charge in [-0.2, -0.15) is 10.1 Å². The number of rotatable bonds is 9. The summed E-state index contributed by atoms with van der Waals surface area (Å²) in [5.41, 5.74) is 4.02. The summed E-state index contributed by atoms with van der Waals surface area (Å²) >= 11 is 0. The molecule has 0 saturated carbocycles. The number of methoxy groups -OCH3 is 1. The van der Waals surface area contributed by atoms with Crippen molar-refractivity contribution in [3.8, 4) is 11.5 Å². The molecular weight excluding hydrogens is 468 g/mol. The predicted molar refractivity (Wildman–Crippen MR) is 139 cm³/mol. The van der Waals surface area contributed by atoms with Gasteiger partial charge in [-0.1, -0.05) is 66.7 Å². The van der Waals surface area contributed by atoms with Crippen LogP contribution in [-0.4, -0.2) is 34.5 Å². The van der Waals surface area contributed by atoms with E-state index in [0.717, 1.165) is 17.5 Å². The molecule has 0 spiro atoms. The lowest BCUT2D eigenvalue weighted by molar-refractivity contribution is -0.140. The van der Waals surface area contributed by atoms with E-state index in [1.165, 1.54) is 11.9 Å². The Morgan fingerprint density at radius 1 is 0.973 bits per heavy atom. The Hall–Kier alpha value is -4.59. The van der Waals surface area contributed by atoms with Crippen molar-refractivity contribution >= 4 is 11.9 Å². The van der Waals surface area contributed by atoms with Gasteiger partial charge in [0.25, 0.3) is 0 Å². The van der Waals surface area contributed by atoms with Crippen LogP contribution in [-0.2, 0) is 22.6 Å². The fourth-order valence-electron chi connectivity index (χ4n) is 4.36. The van der Waals surface area contributed by atoms with Crippen LogP contribution >= 0.6 is 0 Å². The summed E-state index contributed by atoms with van der Waals surface area (Å²) < 4.78 is 19.1. The molecular formula is C29H28N4O4. The Balaban J connectivity index is 1.40. The normalized spacial score (nSPS) is 14.5. The molecule has 1 aliphatic heterocycles. The second-order valence-electron chi connectivity index (χ2n) is 8.65. The molecule has 5 rings (SSSR count). The standard InChI is InChI=1S/C29H28N4O4/c1-20-26(28(34)37-18-22-11-7-4-8-12-22)27(33-29(32-20)30-19-31-33)23-13-14-24(25(17-23)35-2)36-16-15-21-9-5-3-6-10-21/h3-14,17,19,27H,15-16,18H2,1-2H3,(H,30,31,32). The molecule has 0 aliphatic carbocycles. The summed E-state index contributed by atoms with van der Waals surface area (Å²) in [5.74, 6) is 1.32. The molecule has 0 saturated heterocycles. The molecule has 8 nitrogen and oxygen atoms in total. The lowest BCUT2D eigenvalue weighted by Crippen LogP contribution is -2.29. The van der Waals surface area contributed by atoms with Gasteiger partial charge in [0, 0.05) is 12.1 Å². The zero-order chi connectivity index (χ0) is 25.6. The fourth-order valence-corrected chi connectivity index (χ4v) is 4.36. The van der Waals surface area contributed by atoms with Gasteiger partial charge in [-0.15, -0.1) is 0 Å². The number of anilines is 1. The van der Waals surface area contributed by atoms with E-state index in [1.54, 1.807) is 11.8 Å². The molecule has 1 aromatic heterocycles. The minimum atomic E-state index is -0.547. The highest BCUT2D eigenvalue weighted by Gasteiger charge is 2.35. The number of esters is 1. The first-order valence-electron chi connectivity index (χ1n) is 12.1. The van der Waals surface area contributed by atoms with Crippen molar-refractivity contribution < 1.29 is 19.0 Å². The number of allylic oxidation sites excluding steroid dienone is 1. The Morgan fingerprint density at radius 2 is 1.70 bits per heavy atom. The van der Waals surface area contributed by atoms with E-state index >= 15 is 0 Å².